The van der Waals surface area contributed by atoms with Gasteiger partial charge in [0.25, 0.3) is 0 Å². The first kappa shape index (κ1) is 13.3. The topological polar surface area (TPSA) is 20.2 Å². The van der Waals surface area contributed by atoms with E-state index in [0.717, 1.165) is 19.3 Å². The molecule has 1 unspecified atom stereocenters. The molecule has 1 atom stereocenters. The molecule has 0 aliphatic heterocycles. The van der Waals surface area contributed by atoms with Gasteiger partial charge in [0.1, 0.15) is 0 Å². The number of benzene rings is 1. The van der Waals surface area contributed by atoms with E-state index in [0.29, 0.717) is 0 Å². The van der Waals surface area contributed by atoms with Crippen LogP contribution in [-0.4, -0.2) is 11.2 Å². The van der Waals surface area contributed by atoms with Crippen LogP contribution >= 0.6 is 11.3 Å². The Kier molecular flexibility index (Phi) is 4.56. The highest BCUT2D eigenvalue weighted by molar-refractivity contribution is 7.09. The number of aliphatic hydroxyl groups excluding tert-OH is 1. The van der Waals surface area contributed by atoms with Crippen LogP contribution in [0.2, 0.25) is 0 Å². The van der Waals surface area contributed by atoms with E-state index in [1.54, 1.807) is 11.3 Å². The third-order valence-corrected chi connectivity index (χ3v) is 4.20. The SMILES string of the molecule is Cc1ccc(C)c(CC(O)CCc2cccs2)c1. The largest absolute Gasteiger partial charge is 0.393 e. The summed E-state index contributed by atoms with van der Waals surface area (Å²) in [6.07, 6.45) is 2.34. The second kappa shape index (κ2) is 6.17. The zero-order valence-electron chi connectivity index (χ0n) is 11.0. The number of aliphatic hydroxyl groups is 1. The molecule has 0 aliphatic carbocycles. The quantitative estimate of drug-likeness (QED) is 0.864. The van der Waals surface area contributed by atoms with Crippen LogP contribution in [0.15, 0.2) is 35.7 Å². The average molecular weight is 260 g/mol. The molecule has 1 aromatic carbocycles. The van der Waals surface area contributed by atoms with Crippen molar-refractivity contribution in [1.29, 1.82) is 0 Å². The fourth-order valence-corrected chi connectivity index (χ4v) is 2.86. The summed E-state index contributed by atoms with van der Waals surface area (Å²) in [5.74, 6) is 0. The van der Waals surface area contributed by atoms with Crippen LogP contribution in [-0.2, 0) is 12.8 Å². The van der Waals surface area contributed by atoms with Gasteiger partial charge in [-0.05, 0) is 55.7 Å². The molecule has 96 valence electrons. The van der Waals surface area contributed by atoms with Crippen molar-refractivity contribution in [2.75, 3.05) is 0 Å². The van der Waals surface area contributed by atoms with Gasteiger partial charge in [-0.3, -0.25) is 0 Å². The third kappa shape index (κ3) is 3.69. The monoisotopic (exact) mass is 260 g/mol. The highest BCUT2D eigenvalue weighted by Gasteiger charge is 2.08. The molecule has 2 heteroatoms. The van der Waals surface area contributed by atoms with Gasteiger partial charge in [0.05, 0.1) is 6.10 Å². The molecular formula is C16H20OS. The highest BCUT2D eigenvalue weighted by atomic mass is 32.1. The molecule has 0 fully saturated rings. The van der Waals surface area contributed by atoms with Gasteiger partial charge < -0.3 is 5.11 Å². The molecule has 0 saturated heterocycles. The smallest absolute Gasteiger partial charge is 0.0584 e. The van der Waals surface area contributed by atoms with E-state index in [1.807, 2.05) is 0 Å². The van der Waals surface area contributed by atoms with Crippen LogP contribution in [0, 0.1) is 13.8 Å². The predicted molar refractivity (Wildman–Crippen MR) is 78.3 cm³/mol. The van der Waals surface area contributed by atoms with Crippen molar-refractivity contribution in [3.8, 4) is 0 Å². The Hall–Kier alpha value is -1.12. The van der Waals surface area contributed by atoms with Crippen LogP contribution in [0.25, 0.3) is 0 Å². The number of aryl methyl sites for hydroxylation is 3. The molecule has 1 heterocycles. The van der Waals surface area contributed by atoms with E-state index in [4.69, 9.17) is 0 Å². The number of hydrogen-bond acceptors (Lipinski definition) is 2. The minimum absolute atomic E-state index is 0.243. The molecule has 0 radical (unpaired) electrons. The normalized spacial score (nSPS) is 12.6. The molecular weight excluding hydrogens is 240 g/mol. The van der Waals surface area contributed by atoms with E-state index >= 15 is 0 Å². The summed E-state index contributed by atoms with van der Waals surface area (Å²) in [5, 5.41) is 12.2. The molecule has 0 amide bonds. The van der Waals surface area contributed by atoms with Crippen LogP contribution in [0.3, 0.4) is 0 Å². The molecule has 0 bridgehead atoms. The maximum atomic E-state index is 10.1. The Morgan fingerprint density at radius 1 is 1.22 bits per heavy atom. The molecule has 1 N–H and O–H groups in total. The molecule has 1 nitrogen and oxygen atoms in total. The number of hydrogen-bond donors (Lipinski definition) is 1. The van der Waals surface area contributed by atoms with Crippen LogP contribution in [0.5, 0.6) is 0 Å². The lowest BCUT2D eigenvalue weighted by Gasteiger charge is -2.12. The van der Waals surface area contributed by atoms with Gasteiger partial charge in [-0.2, -0.15) is 0 Å². The lowest BCUT2D eigenvalue weighted by atomic mass is 9.98. The van der Waals surface area contributed by atoms with Crippen LogP contribution in [0.4, 0.5) is 0 Å². The Labute approximate surface area is 113 Å². The maximum absolute atomic E-state index is 10.1. The zero-order valence-corrected chi connectivity index (χ0v) is 11.8. The molecule has 2 aromatic rings. The van der Waals surface area contributed by atoms with Gasteiger partial charge in [0.15, 0.2) is 0 Å². The summed E-state index contributed by atoms with van der Waals surface area (Å²) >= 11 is 1.77. The second-order valence-electron chi connectivity index (χ2n) is 4.91. The Bertz CT molecular complexity index is 488. The first-order chi connectivity index (χ1) is 8.65. The predicted octanol–water partition coefficient (Wildman–Crippen LogP) is 3.90. The van der Waals surface area contributed by atoms with Crippen molar-refractivity contribution >= 4 is 11.3 Å². The van der Waals surface area contributed by atoms with E-state index in [-0.39, 0.29) is 6.10 Å². The Morgan fingerprint density at radius 2 is 2.06 bits per heavy atom. The van der Waals surface area contributed by atoms with Crippen molar-refractivity contribution in [3.05, 3.63) is 57.3 Å². The van der Waals surface area contributed by atoms with Gasteiger partial charge in [-0.25, -0.2) is 0 Å². The first-order valence-electron chi connectivity index (χ1n) is 6.42. The maximum Gasteiger partial charge on any atom is 0.0584 e. The van der Waals surface area contributed by atoms with Crippen molar-refractivity contribution < 1.29 is 5.11 Å². The zero-order chi connectivity index (χ0) is 13.0. The number of rotatable bonds is 5. The first-order valence-corrected chi connectivity index (χ1v) is 7.29. The van der Waals surface area contributed by atoms with E-state index < -0.39 is 0 Å². The van der Waals surface area contributed by atoms with Crippen molar-refractivity contribution in [2.24, 2.45) is 0 Å². The molecule has 1 aromatic heterocycles. The fraction of sp³-hybridized carbons (Fsp3) is 0.375. The minimum atomic E-state index is -0.243. The van der Waals surface area contributed by atoms with E-state index in [9.17, 15) is 5.11 Å². The summed E-state index contributed by atoms with van der Waals surface area (Å²) in [7, 11) is 0. The van der Waals surface area contributed by atoms with Crippen molar-refractivity contribution in [1.82, 2.24) is 0 Å². The second-order valence-corrected chi connectivity index (χ2v) is 5.94. The average Bonchev–Trinajstić information content (AvgIpc) is 2.84. The molecule has 0 saturated carbocycles. The lowest BCUT2D eigenvalue weighted by Crippen LogP contribution is -2.12. The van der Waals surface area contributed by atoms with Crippen molar-refractivity contribution in [2.45, 2.75) is 39.2 Å². The van der Waals surface area contributed by atoms with Crippen LogP contribution in [0.1, 0.15) is 28.0 Å². The number of thiophene rings is 1. The van der Waals surface area contributed by atoms with E-state index in [2.05, 4.69) is 49.6 Å². The molecule has 0 spiro atoms. The van der Waals surface area contributed by atoms with Gasteiger partial charge >= 0.3 is 0 Å². The van der Waals surface area contributed by atoms with Gasteiger partial charge in [0, 0.05) is 4.88 Å². The van der Waals surface area contributed by atoms with E-state index in [1.165, 1.54) is 21.6 Å². The lowest BCUT2D eigenvalue weighted by molar-refractivity contribution is 0.165. The van der Waals surface area contributed by atoms with Crippen LogP contribution < -0.4 is 0 Å². The molecule has 0 aliphatic rings. The fourth-order valence-electron chi connectivity index (χ4n) is 2.14. The summed E-state index contributed by atoms with van der Waals surface area (Å²) in [5.41, 5.74) is 3.81. The minimum Gasteiger partial charge on any atom is -0.393 e. The third-order valence-electron chi connectivity index (χ3n) is 3.26. The molecule has 2 rings (SSSR count). The summed E-state index contributed by atoms with van der Waals surface area (Å²) in [6.45, 7) is 4.21. The highest BCUT2D eigenvalue weighted by Crippen LogP contribution is 2.17. The summed E-state index contributed by atoms with van der Waals surface area (Å²) in [4.78, 5) is 1.36. The Morgan fingerprint density at radius 3 is 2.78 bits per heavy atom. The van der Waals surface area contributed by atoms with Gasteiger partial charge in [-0.1, -0.05) is 29.8 Å². The van der Waals surface area contributed by atoms with Gasteiger partial charge in [-0.15, -0.1) is 11.3 Å². The summed E-state index contributed by atoms with van der Waals surface area (Å²) < 4.78 is 0. The summed E-state index contributed by atoms with van der Waals surface area (Å²) in [6, 6.07) is 10.6. The molecule has 18 heavy (non-hydrogen) atoms. The van der Waals surface area contributed by atoms with Crippen molar-refractivity contribution in [3.63, 3.8) is 0 Å². The Balaban J connectivity index is 1.90. The standard InChI is InChI=1S/C16H20OS/c1-12-5-6-13(2)14(10-12)11-15(17)7-8-16-4-3-9-18-16/h3-6,9-10,15,17H,7-8,11H2,1-2H3. The van der Waals surface area contributed by atoms with Gasteiger partial charge in [0.2, 0.25) is 0 Å².